The summed E-state index contributed by atoms with van der Waals surface area (Å²) in [7, 11) is 2.94. The second-order valence-corrected chi connectivity index (χ2v) is 21.1. The first-order chi connectivity index (χ1) is 38.7. The van der Waals surface area contributed by atoms with E-state index in [1.54, 1.807) is 38.6 Å². The minimum absolute atomic E-state index is 0.0666. The fourth-order valence-corrected chi connectivity index (χ4v) is 9.37. The number of hydrogen-bond acceptors (Lipinski definition) is 12. The van der Waals surface area contributed by atoms with Crippen molar-refractivity contribution in [2.75, 3.05) is 19.1 Å². The van der Waals surface area contributed by atoms with E-state index in [2.05, 4.69) is 116 Å². The molecule has 408 valence electrons. The van der Waals surface area contributed by atoms with Crippen LogP contribution >= 0.6 is 15.9 Å². The molecule has 0 aliphatic carbocycles. The molecule has 81 heavy (non-hydrogen) atoms. The zero-order chi connectivity index (χ0) is 57.6. The van der Waals surface area contributed by atoms with E-state index in [1.807, 2.05) is 110 Å². The summed E-state index contributed by atoms with van der Waals surface area (Å²) in [5.41, 5.74) is 8.26. The molecule has 1 fully saturated rings. The van der Waals surface area contributed by atoms with E-state index in [9.17, 15) is 18.4 Å². The first kappa shape index (κ1) is 56.8. The van der Waals surface area contributed by atoms with Gasteiger partial charge in [0.05, 0.1) is 66.2 Å². The van der Waals surface area contributed by atoms with Crippen molar-refractivity contribution in [3.63, 3.8) is 0 Å². The van der Waals surface area contributed by atoms with Crippen molar-refractivity contribution < 1.29 is 32.0 Å². The van der Waals surface area contributed by atoms with Gasteiger partial charge in [0.25, 0.3) is 0 Å². The Bertz CT molecular complexity index is 3900. The van der Waals surface area contributed by atoms with E-state index in [-0.39, 0.29) is 24.1 Å². The summed E-state index contributed by atoms with van der Waals surface area (Å²) in [6, 6.07) is 50.8. The van der Waals surface area contributed by atoms with Crippen LogP contribution in [-0.2, 0) is 28.6 Å². The minimum atomic E-state index is -4.54. The Morgan fingerprint density at radius 2 is 1.21 bits per heavy atom. The van der Waals surface area contributed by atoms with E-state index in [4.69, 9.17) is 24.0 Å². The molecule has 5 aromatic heterocycles. The molecule has 0 N–H and O–H groups in total. The zero-order valence-electron chi connectivity index (χ0n) is 45.7. The molecule has 19 heteroatoms. The Kier molecular flexibility index (Phi) is 16.7. The van der Waals surface area contributed by atoms with Gasteiger partial charge in [0, 0.05) is 45.3 Å². The van der Waals surface area contributed by atoms with Crippen LogP contribution in [-0.4, -0.2) is 67.1 Å². The Labute approximate surface area is 476 Å². The standard InChI is InChI=1S/C23H21BrN2O2.C20H12F3N5.C19H22BN3O2/c1-27-22-7-3-17(4-8-22)15-26(16-18-5-9-23(28-2)10-6-18)21-12-19(14-25)11-20(24)13-21;1-12-7-15(10-24)26-16(8-12)13-5-6-14-11-25-28(17(14)9-13)19-4-2-3-18(27-19)20(21,22)23;1-13-7-6-8-17(22-13)23-16-11-15(10-9-14(16)12-21-23)20-24-18(2,3)19(4,5)25-20/h3-13H,15-16H2,1-2H3;2-9,11H,1H3;6-12H,1-5H3. The van der Waals surface area contributed by atoms with Crippen molar-refractivity contribution in [1.29, 1.82) is 10.5 Å². The van der Waals surface area contributed by atoms with Gasteiger partial charge in [-0.1, -0.05) is 76.6 Å². The highest BCUT2D eigenvalue weighted by Gasteiger charge is 2.51. The lowest BCUT2D eigenvalue weighted by atomic mass is 9.79. The molecule has 0 amide bonds. The molecule has 5 aromatic carbocycles. The quantitative estimate of drug-likeness (QED) is 0.113. The number of anilines is 1. The van der Waals surface area contributed by atoms with Gasteiger partial charge in [-0.25, -0.2) is 24.3 Å². The molecule has 6 heterocycles. The van der Waals surface area contributed by atoms with Crippen LogP contribution in [0.4, 0.5) is 18.9 Å². The Morgan fingerprint density at radius 3 is 1.77 bits per heavy atom. The number of halogens is 4. The maximum atomic E-state index is 13.0. The first-order valence-electron chi connectivity index (χ1n) is 25.6. The van der Waals surface area contributed by atoms with Crippen molar-refractivity contribution in [2.45, 2.75) is 72.0 Å². The summed E-state index contributed by atoms with van der Waals surface area (Å²) in [4.78, 5) is 14.8. The second-order valence-electron chi connectivity index (χ2n) is 20.2. The number of hydrogen-bond donors (Lipinski definition) is 0. The van der Waals surface area contributed by atoms with Crippen LogP contribution in [0.3, 0.4) is 0 Å². The molecule has 1 aliphatic heterocycles. The van der Waals surface area contributed by atoms with Gasteiger partial charge in [0.1, 0.15) is 29.0 Å². The van der Waals surface area contributed by atoms with Gasteiger partial charge < -0.3 is 23.7 Å². The summed E-state index contributed by atoms with van der Waals surface area (Å²) in [5, 5.41) is 29.0. The van der Waals surface area contributed by atoms with Gasteiger partial charge >= 0.3 is 13.3 Å². The summed E-state index contributed by atoms with van der Waals surface area (Å²) >= 11 is 3.52. The van der Waals surface area contributed by atoms with Crippen molar-refractivity contribution in [3.05, 3.63) is 208 Å². The summed E-state index contributed by atoms with van der Waals surface area (Å²) < 4.78 is 65.9. The lowest BCUT2D eigenvalue weighted by Crippen LogP contribution is -2.41. The predicted octanol–water partition coefficient (Wildman–Crippen LogP) is 13.3. The Morgan fingerprint density at radius 1 is 0.642 bits per heavy atom. The zero-order valence-corrected chi connectivity index (χ0v) is 47.3. The minimum Gasteiger partial charge on any atom is -0.497 e. The number of nitriles is 2. The fourth-order valence-electron chi connectivity index (χ4n) is 8.88. The molecule has 0 bridgehead atoms. The Balaban J connectivity index is 0.000000147. The molecule has 0 spiro atoms. The lowest BCUT2D eigenvalue weighted by molar-refractivity contribution is -0.141. The van der Waals surface area contributed by atoms with Crippen LogP contribution in [0.5, 0.6) is 11.5 Å². The lowest BCUT2D eigenvalue weighted by Gasteiger charge is -2.32. The third-order valence-corrected chi connectivity index (χ3v) is 14.3. The maximum absolute atomic E-state index is 13.0. The largest absolute Gasteiger partial charge is 0.497 e. The van der Waals surface area contributed by atoms with Crippen LogP contribution in [0.15, 0.2) is 169 Å². The second kappa shape index (κ2) is 23.8. The third-order valence-electron chi connectivity index (χ3n) is 13.8. The van der Waals surface area contributed by atoms with E-state index >= 15 is 0 Å². The number of aromatic nitrogens is 7. The molecule has 0 radical (unpaired) electrons. The highest BCUT2D eigenvalue weighted by molar-refractivity contribution is 9.10. The van der Waals surface area contributed by atoms with Gasteiger partial charge in [-0.2, -0.15) is 33.9 Å². The monoisotopic (exact) mass is 1150 g/mol. The molecule has 1 saturated heterocycles. The van der Waals surface area contributed by atoms with Crippen molar-refractivity contribution in [2.24, 2.45) is 0 Å². The number of rotatable bonds is 11. The number of pyridine rings is 3. The third kappa shape index (κ3) is 13.3. The van der Waals surface area contributed by atoms with Gasteiger partial charge in [-0.15, -0.1) is 0 Å². The highest BCUT2D eigenvalue weighted by atomic mass is 79.9. The van der Waals surface area contributed by atoms with E-state index in [0.29, 0.717) is 35.6 Å². The number of fused-ring (bicyclic) bond motifs is 2. The molecular weight excluding hydrogens is 1100 g/mol. The summed E-state index contributed by atoms with van der Waals surface area (Å²) in [6.07, 6.45) is -1.12. The molecule has 10 aromatic rings. The smallest absolute Gasteiger partial charge is 0.494 e. The van der Waals surface area contributed by atoms with Crippen LogP contribution < -0.4 is 19.8 Å². The van der Waals surface area contributed by atoms with Crippen molar-refractivity contribution in [3.8, 4) is 46.5 Å². The number of ether oxygens (including phenoxy) is 2. The van der Waals surface area contributed by atoms with Crippen molar-refractivity contribution >= 4 is 56.0 Å². The van der Waals surface area contributed by atoms with Crippen molar-refractivity contribution in [1.82, 2.24) is 34.5 Å². The van der Waals surface area contributed by atoms with E-state index in [0.717, 1.165) is 83.2 Å². The Hall–Kier alpha value is -8.88. The number of benzene rings is 5. The highest BCUT2D eigenvalue weighted by Crippen LogP contribution is 2.37. The maximum Gasteiger partial charge on any atom is 0.494 e. The molecule has 14 nitrogen and oxygen atoms in total. The van der Waals surface area contributed by atoms with E-state index in [1.165, 1.54) is 16.8 Å². The van der Waals surface area contributed by atoms with Gasteiger partial charge in [-0.3, -0.25) is 0 Å². The first-order valence-corrected chi connectivity index (χ1v) is 26.4. The van der Waals surface area contributed by atoms with Crippen LogP contribution in [0.2, 0.25) is 0 Å². The molecule has 0 atom stereocenters. The number of methoxy groups -OCH3 is 2. The summed E-state index contributed by atoms with van der Waals surface area (Å²) in [6.45, 7) is 13.5. The van der Waals surface area contributed by atoms with Gasteiger partial charge in [-0.05, 0) is 155 Å². The molecule has 1 aliphatic rings. The SMILES string of the molecule is COc1ccc(CN(Cc2ccc(OC)cc2)c2cc(Br)cc(C#N)c2)cc1.Cc1cc(C#N)nc(-c2ccc3cnn(-c4cccc(C(F)(F)F)n4)c3c2)c1.Cc1cccc(-n2ncc3ccc(B4OC(C)(C)C(C)(C)O4)cc32)n1. The fraction of sp³-hybridized carbons (Fsp3) is 0.210. The van der Waals surface area contributed by atoms with E-state index < -0.39 is 11.9 Å². The average Bonchev–Trinajstić information content (AvgIpc) is 4.33. The number of nitrogens with zero attached hydrogens (tertiary/aromatic N) is 10. The molecule has 0 saturated carbocycles. The molecule has 0 unspecified atom stereocenters. The number of alkyl halides is 3. The topological polar surface area (TPSA) is 162 Å². The normalized spacial score (nSPS) is 13.3. The van der Waals surface area contributed by atoms with Gasteiger partial charge in [0.2, 0.25) is 0 Å². The molecule has 11 rings (SSSR count). The van der Waals surface area contributed by atoms with Crippen LogP contribution in [0.25, 0.3) is 44.7 Å². The predicted molar refractivity (Wildman–Crippen MR) is 311 cm³/mol. The van der Waals surface area contributed by atoms with Crippen LogP contribution in [0, 0.1) is 36.5 Å². The summed E-state index contributed by atoms with van der Waals surface area (Å²) in [5.74, 6) is 2.54. The molecular formula is C62H55BBrF3N10O4. The number of aryl methyl sites for hydroxylation is 2. The average molecular weight is 1150 g/mol. The van der Waals surface area contributed by atoms with Crippen LogP contribution in [0.1, 0.15) is 67.0 Å². The van der Waals surface area contributed by atoms with Gasteiger partial charge in [0.15, 0.2) is 11.6 Å².